The predicted molar refractivity (Wildman–Crippen MR) is 65.6 cm³/mol. The Balaban J connectivity index is 2.81. The van der Waals surface area contributed by atoms with Gasteiger partial charge in [-0.2, -0.15) is 0 Å². The molecule has 0 saturated heterocycles. The molecule has 1 aromatic rings. The second kappa shape index (κ2) is 6.18. The van der Waals surface area contributed by atoms with Crippen LogP contribution in [0, 0.1) is 0 Å². The molecule has 17 heavy (non-hydrogen) atoms. The van der Waals surface area contributed by atoms with Crippen LogP contribution in [0.2, 0.25) is 0 Å². The summed E-state index contributed by atoms with van der Waals surface area (Å²) >= 11 is 0. The van der Waals surface area contributed by atoms with Crippen molar-refractivity contribution in [1.82, 2.24) is 5.32 Å². The van der Waals surface area contributed by atoms with Gasteiger partial charge in [0.15, 0.2) is 0 Å². The molecule has 1 rings (SSSR count). The van der Waals surface area contributed by atoms with E-state index in [1.165, 1.54) is 0 Å². The van der Waals surface area contributed by atoms with Gasteiger partial charge >= 0.3 is 0 Å². The molecular weight excluding hydrogens is 218 g/mol. The third-order valence-corrected chi connectivity index (χ3v) is 2.56. The Labute approximate surface area is 101 Å². The summed E-state index contributed by atoms with van der Waals surface area (Å²) in [6, 6.07) is 8.65. The fourth-order valence-corrected chi connectivity index (χ4v) is 1.49. The van der Waals surface area contributed by atoms with E-state index < -0.39 is 5.54 Å². The average molecular weight is 235 g/mol. The number of nitrogens with one attached hydrogen (secondary N) is 1. The maximum absolute atomic E-state index is 11.9. The zero-order valence-corrected chi connectivity index (χ0v) is 9.60. The van der Waals surface area contributed by atoms with Crippen LogP contribution in [0.5, 0.6) is 0 Å². The Kier molecular flexibility index (Phi) is 4.87. The zero-order chi connectivity index (χ0) is 12.7. The van der Waals surface area contributed by atoms with E-state index in [9.17, 15) is 15.0 Å². The van der Waals surface area contributed by atoms with Crippen molar-refractivity contribution in [1.29, 1.82) is 0 Å². The van der Waals surface area contributed by atoms with Crippen LogP contribution in [0.25, 0.3) is 0 Å². The van der Waals surface area contributed by atoms with E-state index in [4.69, 9.17) is 0 Å². The minimum atomic E-state index is -1.05. The Morgan fingerprint density at radius 1 is 1.29 bits per heavy atom. The Bertz CT molecular complexity index is 372. The summed E-state index contributed by atoms with van der Waals surface area (Å²) in [6.45, 7) is 2.87. The van der Waals surface area contributed by atoms with Gasteiger partial charge in [-0.15, -0.1) is 6.58 Å². The van der Waals surface area contributed by atoms with Crippen molar-refractivity contribution in [2.45, 2.75) is 12.0 Å². The summed E-state index contributed by atoms with van der Waals surface area (Å²) in [5.74, 6) is -0.324. The SMILES string of the molecule is C=CCC(CO)(CO)NC(=O)c1ccccc1. The van der Waals surface area contributed by atoms with Crippen LogP contribution in [-0.2, 0) is 0 Å². The molecule has 0 bridgehead atoms. The normalized spacial score (nSPS) is 10.9. The molecule has 4 heteroatoms. The van der Waals surface area contributed by atoms with Crippen LogP contribution in [0.15, 0.2) is 43.0 Å². The molecule has 0 aromatic heterocycles. The van der Waals surface area contributed by atoms with Gasteiger partial charge in [0.25, 0.3) is 5.91 Å². The first-order chi connectivity index (χ1) is 8.17. The molecule has 0 radical (unpaired) electrons. The molecule has 0 aliphatic carbocycles. The van der Waals surface area contributed by atoms with Crippen LogP contribution in [-0.4, -0.2) is 34.9 Å². The van der Waals surface area contributed by atoms with Crippen molar-refractivity contribution >= 4 is 5.91 Å². The molecule has 1 amide bonds. The maximum Gasteiger partial charge on any atom is 0.251 e. The second-order valence-corrected chi connectivity index (χ2v) is 3.91. The van der Waals surface area contributed by atoms with Crippen molar-refractivity contribution in [3.63, 3.8) is 0 Å². The largest absolute Gasteiger partial charge is 0.394 e. The molecule has 4 nitrogen and oxygen atoms in total. The van der Waals surface area contributed by atoms with Crippen LogP contribution >= 0.6 is 0 Å². The number of aliphatic hydroxyl groups excluding tert-OH is 2. The van der Waals surface area contributed by atoms with Crippen molar-refractivity contribution in [3.05, 3.63) is 48.6 Å². The Morgan fingerprint density at radius 2 is 1.88 bits per heavy atom. The minimum Gasteiger partial charge on any atom is -0.394 e. The summed E-state index contributed by atoms with van der Waals surface area (Å²) in [7, 11) is 0. The van der Waals surface area contributed by atoms with Gasteiger partial charge in [-0.05, 0) is 18.6 Å². The molecule has 0 atom stereocenters. The van der Waals surface area contributed by atoms with Gasteiger partial charge in [0, 0.05) is 5.56 Å². The summed E-state index contributed by atoms with van der Waals surface area (Å²) < 4.78 is 0. The molecule has 0 fully saturated rings. The Hall–Kier alpha value is -1.65. The van der Waals surface area contributed by atoms with E-state index in [1.807, 2.05) is 6.07 Å². The summed E-state index contributed by atoms with van der Waals surface area (Å²) in [5.41, 5.74) is -0.558. The molecule has 0 spiro atoms. The first-order valence-electron chi connectivity index (χ1n) is 5.37. The number of rotatable bonds is 6. The highest BCUT2D eigenvalue weighted by Crippen LogP contribution is 2.11. The molecule has 0 heterocycles. The molecule has 0 aliphatic rings. The number of benzene rings is 1. The van der Waals surface area contributed by atoms with E-state index in [2.05, 4.69) is 11.9 Å². The monoisotopic (exact) mass is 235 g/mol. The van der Waals surface area contributed by atoms with E-state index in [1.54, 1.807) is 30.3 Å². The molecule has 92 valence electrons. The number of carbonyl (C=O) groups is 1. The van der Waals surface area contributed by atoms with Crippen LogP contribution in [0.3, 0.4) is 0 Å². The smallest absolute Gasteiger partial charge is 0.251 e. The molecule has 0 unspecified atom stereocenters. The highest BCUT2D eigenvalue weighted by atomic mass is 16.3. The van der Waals surface area contributed by atoms with Gasteiger partial charge in [0.1, 0.15) is 0 Å². The standard InChI is InChI=1S/C13H17NO3/c1-2-8-13(9-15,10-16)14-12(17)11-6-4-3-5-7-11/h2-7,15-16H,1,8-10H2,(H,14,17). The summed E-state index contributed by atoms with van der Waals surface area (Å²) in [5, 5.41) is 21.2. The third kappa shape index (κ3) is 3.41. The maximum atomic E-state index is 11.9. The lowest BCUT2D eigenvalue weighted by Gasteiger charge is -2.29. The third-order valence-electron chi connectivity index (χ3n) is 2.56. The van der Waals surface area contributed by atoms with Crippen LogP contribution in [0.4, 0.5) is 0 Å². The van der Waals surface area contributed by atoms with Gasteiger partial charge in [0.05, 0.1) is 18.8 Å². The van der Waals surface area contributed by atoms with Gasteiger partial charge < -0.3 is 15.5 Å². The van der Waals surface area contributed by atoms with Gasteiger partial charge in [-0.3, -0.25) is 4.79 Å². The van der Waals surface area contributed by atoms with Gasteiger partial charge in [-0.1, -0.05) is 24.3 Å². The lowest BCUT2D eigenvalue weighted by atomic mass is 9.96. The van der Waals surface area contributed by atoms with E-state index in [0.29, 0.717) is 12.0 Å². The second-order valence-electron chi connectivity index (χ2n) is 3.91. The number of aliphatic hydroxyl groups is 2. The number of hydrogen-bond donors (Lipinski definition) is 3. The fraction of sp³-hybridized carbons (Fsp3) is 0.308. The molecular formula is C13H17NO3. The first-order valence-corrected chi connectivity index (χ1v) is 5.37. The van der Waals surface area contributed by atoms with Crippen molar-refractivity contribution in [3.8, 4) is 0 Å². The van der Waals surface area contributed by atoms with Crippen molar-refractivity contribution < 1.29 is 15.0 Å². The van der Waals surface area contributed by atoms with E-state index >= 15 is 0 Å². The first kappa shape index (κ1) is 13.4. The van der Waals surface area contributed by atoms with Crippen molar-refractivity contribution in [2.24, 2.45) is 0 Å². The zero-order valence-electron chi connectivity index (χ0n) is 9.60. The van der Waals surface area contributed by atoms with E-state index in [0.717, 1.165) is 0 Å². The predicted octanol–water partition coefficient (Wildman–Crippen LogP) is 0.716. The lowest BCUT2D eigenvalue weighted by molar-refractivity contribution is 0.0676. The van der Waals surface area contributed by atoms with E-state index in [-0.39, 0.29) is 19.1 Å². The van der Waals surface area contributed by atoms with Gasteiger partial charge in [0.2, 0.25) is 0 Å². The number of carbonyl (C=O) groups excluding carboxylic acids is 1. The topological polar surface area (TPSA) is 69.6 Å². The minimum absolute atomic E-state index is 0.304. The highest BCUT2D eigenvalue weighted by Gasteiger charge is 2.29. The van der Waals surface area contributed by atoms with Gasteiger partial charge in [-0.25, -0.2) is 0 Å². The fourth-order valence-electron chi connectivity index (χ4n) is 1.49. The number of hydrogen-bond acceptors (Lipinski definition) is 3. The number of amides is 1. The quantitative estimate of drug-likeness (QED) is 0.636. The van der Waals surface area contributed by atoms with Crippen LogP contribution in [0.1, 0.15) is 16.8 Å². The molecule has 0 aliphatic heterocycles. The highest BCUT2D eigenvalue weighted by molar-refractivity contribution is 5.94. The van der Waals surface area contributed by atoms with Crippen LogP contribution < -0.4 is 5.32 Å². The van der Waals surface area contributed by atoms with Crippen molar-refractivity contribution in [2.75, 3.05) is 13.2 Å². The summed E-state index contributed by atoms with van der Waals surface area (Å²) in [6.07, 6.45) is 1.86. The molecule has 0 saturated carbocycles. The molecule has 3 N–H and O–H groups in total. The lowest BCUT2D eigenvalue weighted by Crippen LogP contribution is -2.53. The summed E-state index contributed by atoms with van der Waals surface area (Å²) in [4.78, 5) is 11.9. The average Bonchev–Trinajstić information content (AvgIpc) is 2.39. The molecule has 1 aromatic carbocycles. The Morgan fingerprint density at radius 3 is 2.35 bits per heavy atom.